The summed E-state index contributed by atoms with van der Waals surface area (Å²) < 4.78 is 29.8. The fourth-order valence-corrected chi connectivity index (χ4v) is 5.65. The second kappa shape index (κ2) is 13.3. The molecular weight excluding hydrogens is 578 g/mol. The average Bonchev–Trinajstić information content (AvgIpc) is 2.90. The molecule has 3 aromatic rings. The van der Waals surface area contributed by atoms with Crippen molar-refractivity contribution in [2.24, 2.45) is 0 Å². The lowest BCUT2D eigenvalue weighted by molar-refractivity contribution is -0.139. The summed E-state index contributed by atoms with van der Waals surface area (Å²) in [7, 11) is -4.08. The quantitative estimate of drug-likeness (QED) is 0.305. The number of hydrogen-bond acceptors (Lipinski definition) is 4. The van der Waals surface area contributed by atoms with E-state index in [0.29, 0.717) is 5.69 Å². The first-order valence-electron chi connectivity index (χ1n) is 12.9. The number of hydrogen-bond donors (Lipinski definition) is 1. The van der Waals surface area contributed by atoms with Crippen LogP contribution in [0.4, 0.5) is 5.69 Å². The highest BCUT2D eigenvalue weighted by Gasteiger charge is 2.32. The lowest BCUT2D eigenvalue weighted by Crippen LogP contribution is -2.52. The van der Waals surface area contributed by atoms with E-state index < -0.39 is 28.5 Å². The summed E-state index contributed by atoms with van der Waals surface area (Å²) >= 11 is 3.42. The smallest absolute Gasteiger partial charge is 0.264 e. The molecule has 9 heteroatoms. The van der Waals surface area contributed by atoms with Gasteiger partial charge in [-0.05, 0) is 81.6 Å². The first kappa shape index (κ1) is 30.4. The van der Waals surface area contributed by atoms with Crippen LogP contribution in [-0.2, 0) is 26.2 Å². The summed E-state index contributed by atoms with van der Waals surface area (Å²) in [6.45, 7) is 8.97. The molecule has 0 radical (unpaired) electrons. The average molecular weight is 615 g/mol. The van der Waals surface area contributed by atoms with E-state index in [-0.39, 0.29) is 23.4 Å². The Bertz CT molecular complexity index is 1390. The van der Waals surface area contributed by atoms with Crippen molar-refractivity contribution < 1.29 is 18.0 Å². The van der Waals surface area contributed by atoms with E-state index in [1.807, 2.05) is 58.0 Å². The molecule has 0 spiro atoms. The van der Waals surface area contributed by atoms with E-state index in [1.165, 1.54) is 4.90 Å². The van der Waals surface area contributed by atoms with E-state index in [4.69, 9.17) is 0 Å². The van der Waals surface area contributed by atoms with E-state index >= 15 is 0 Å². The van der Waals surface area contributed by atoms with Crippen molar-refractivity contribution in [3.05, 3.63) is 94.0 Å². The Hall–Kier alpha value is -3.17. The van der Waals surface area contributed by atoms with Gasteiger partial charge in [-0.15, -0.1) is 0 Å². The largest absolute Gasteiger partial charge is 0.352 e. The summed E-state index contributed by atoms with van der Waals surface area (Å²) in [5.41, 5.74) is 2.98. The normalized spacial score (nSPS) is 12.9. The summed E-state index contributed by atoms with van der Waals surface area (Å²) in [5, 5.41) is 2.94. The minimum absolute atomic E-state index is 0.0599. The van der Waals surface area contributed by atoms with E-state index in [1.54, 1.807) is 49.4 Å². The van der Waals surface area contributed by atoms with Crippen LogP contribution in [0.2, 0.25) is 0 Å². The van der Waals surface area contributed by atoms with Gasteiger partial charge >= 0.3 is 0 Å². The van der Waals surface area contributed by atoms with Crippen molar-refractivity contribution in [3.63, 3.8) is 0 Å². The maximum absolute atomic E-state index is 13.9. The Labute approximate surface area is 240 Å². The summed E-state index contributed by atoms with van der Waals surface area (Å²) in [6, 6.07) is 20.1. The number of rotatable bonds is 11. The predicted octanol–water partition coefficient (Wildman–Crippen LogP) is 5.59. The van der Waals surface area contributed by atoms with E-state index in [0.717, 1.165) is 31.9 Å². The highest BCUT2D eigenvalue weighted by Crippen LogP contribution is 2.26. The van der Waals surface area contributed by atoms with Gasteiger partial charge in [-0.2, -0.15) is 0 Å². The van der Waals surface area contributed by atoms with Gasteiger partial charge in [0.1, 0.15) is 12.6 Å². The number of nitrogens with one attached hydrogen (secondary N) is 1. The Balaban J connectivity index is 2.02. The summed E-state index contributed by atoms with van der Waals surface area (Å²) in [5.74, 6) is -0.778. The molecular formula is C30H36BrN3O4S. The molecule has 2 atom stereocenters. The number of aryl methyl sites for hydroxylation is 2. The molecule has 0 aliphatic carbocycles. The van der Waals surface area contributed by atoms with Gasteiger partial charge in [0.25, 0.3) is 10.0 Å². The van der Waals surface area contributed by atoms with Crippen LogP contribution in [0, 0.1) is 13.8 Å². The minimum atomic E-state index is -4.08. The Morgan fingerprint density at radius 3 is 2.15 bits per heavy atom. The number of halogens is 1. The lowest BCUT2D eigenvalue weighted by Gasteiger charge is -2.32. The third kappa shape index (κ3) is 7.92. The standard InChI is InChI=1S/C30H36BrN3O4S/c1-6-23(4)32-30(36)24(5)33(19-25-12-14-26(31)15-13-25)29(35)20-34(27-9-7-8-22(3)18-27)39(37,38)28-16-10-21(2)11-17-28/h7-18,23-24H,6,19-20H2,1-5H3,(H,32,36)/t23-,24-/m0/s1. The molecule has 0 saturated heterocycles. The zero-order valence-electron chi connectivity index (χ0n) is 23.0. The van der Waals surface area contributed by atoms with Gasteiger partial charge in [0.2, 0.25) is 11.8 Å². The SMILES string of the molecule is CC[C@H](C)NC(=O)[C@H](C)N(Cc1ccc(Br)cc1)C(=O)CN(c1cccc(C)c1)S(=O)(=O)c1ccc(C)cc1. The zero-order chi connectivity index (χ0) is 28.7. The number of benzene rings is 3. The first-order chi connectivity index (χ1) is 18.4. The monoisotopic (exact) mass is 613 g/mol. The van der Waals surface area contributed by atoms with E-state index in [9.17, 15) is 18.0 Å². The molecule has 39 heavy (non-hydrogen) atoms. The van der Waals surface area contributed by atoms with Crippen molar-refractivity contribution >= 4 is 43.5 Å². The first-order valence-corrected chi connectivity index (χ1v) is 15.2. The summed E-state index contributed by atoms with van der Waals surface area (Å²) in [6.07, 6.45) is 0.745. The predicted molar refractivity (Wildman–Crippen MR) is 159 cm³/mol. The lowest BCUT2D eigenvalue weighted by atomic mass is 10.1. The maximum atomic E-state index is 13.9. The number of sulfonamides is 1. The number of carbonyl (C=O) groups excluding carboxylic acids is 2. The van der Waals surface area contributed by atoms with Gasteiger partial charge < -0.3 is 10.2 Å². The fraction of sp³-hybridized carbons (Fsp3) is 0.333. The van der Waals surface area contributed by atoms with Crippen molar-refractivity contribution in [3.8, 4) is 0 Å². The Morgan fingerprint density at radius 2 is 1.56 bits per heavy atom. The molecule has 1 N–H and O–H groups in total. The Morgan fingerprint density at radius 1 is 0.923 bits per heavy atom. The Kier molecular flexibility index (Phi) is 10.3. The second-order valence-electron chi connectivity index (χ2n) is 9.81. The van der Waals surface area contributed by atoms with Gasteiger partial charge in [0.05, 0.1) is 10.6 Å². The van der Waals surface area contributed by atoms with Crippen LogP contribution >= 0.6 is 15.9 Å². The number of nitrogens with zero attached hydrogens (tertiary/aromatic N) is 2. The van der Waals surface area contributed by atoms with Crippen LogP contribution in [0.5, 0.6) is 0 Å². The minimum Gasteiger partial charge on any atom is -0.352 e. The second-order valence-corrected chi connectivity index (χ2v) is 12.6. The van der Waals surface area contributed by atoms with Crippen molar-refractivity contribution in [1.82, 2.24) is 10.2 Å². The molecule has 3 rings (SSSR count). The fourth-order valence-electron chi connectivity index (χ4n) is 3.98. The molecule has 2 amide bonds. The van der Waals surface area contributed by atoms with Crippen LogP contribution in [0.25, 0.3) is 0 Å². The van der Waals surface area contributed by atoms with Crippen molar-refractivity contribution in [2.75, 3.05) is 10.8 Å². The number of amides is 2. The molecule has 0 fully saturated rings. The third-order valence-electron chi connectivity index (χ3n) is 6.61. The number of anilines is 1. The number of carbonyl (C=O) groups is 2. The zero-order valence-corrected chi connectivity index (χ0v) is 25.4. The molecule has 0 unspecified atom stereocenters. The van der Waals surface area contributed by atoms with Crippen LogP contribution < -0.4 is 9.62 Å². The molecule has 0 heterocycles. The molecule has 7 nitrogen and oxygen atoms in total. The topological polar surface area (TPSA) is 86.8 Å². The third-order valence-corrected chi connectivity index (χ3v) is 8.93. The van der Waals surface area contributed by atoms with Gasteiger partial charge in [-0.3, -0.25) is 13.9 Å². The molecule has 0 aliphatic heterocycles. The van der Waals surface area contributed by atoms with Crippen LogP contribution in [0.1, 0.15) is 43.9 Å². The van der Waals surface area contributed by atoms with Crippen molar-refractivity contribution in [2.45, 2.75) is 64.6 Å². The van der Waals surface area contributed by atoms with Gasteiger partial charge in [0.15, 0.2) is 0 Å². The molecule has 0 aliphatic rings. The maximum Gasteiger partial charge on any atom is 0.264 e. The highest BCUT2D eigenvalue weighted by atomic mass is 79.9. The van der Waals surface area contributed by atoms with E-state index in [2.05, 4.69) is 21.2 Å². The molecule has 0 saturated carbocycles. The van der Waals surface area contributed by atoms with Gasteiger partial charge in [-0.1, -0.05) is 64.8 Å². The van der Waals surface area contributed by atoms with Crippen molar-refractivity contribution in [1.29, 1.82) is 0 Å². The van der Waals surface area contributed by atoms with Gasteiger partial charge in [-0.25, -0.2) is 8.42 Å². The van der Waals surface area contributed by atoms with Crippen LogP contribution in [0.15, 0.2) is 82.2 Å². The van der Waals surface area contributed by atoms with Crippen LogP contribution in [0.3, 0.4) is 0 Å². The molecule has 208 valence electrons. The highest BCUT2D eigenvalue weighted by molar-refractivity contribution is 9.10. The van der Waals surface area contributed by atoms with Gasteiger partial charge in [0, 0.05) is 17.1 Å². The molecule has 3 aromatic carbocycles. The molecule has 0 aromatic heterocycles. The molecule has 0 bridgehead atoms. The summed E-state index contributed by atoms with van der Waals surface area (Å²) in [4.78, 5) is 28.6. The van der Waals surface area contributed by atoms with Crippen LogP contribution in [-0.4, -0.2) is 43.8 Å².